The first-order chi connectivity index (χ1) is 11.8. The molecule has 0 fully saturated rings. The average molecular weight is 362 g/mol. The van der Waals surface area contributed by atoms with Gasteiger partial charge in [0.05, 0.1) is 17.8 Å². The number of hydrogen-bond acceptors (Lipinski definition) is 5. The number of ether oxygens (including phenoxy) is 1. The number of carboxylic acid groups (broad SMARTS) is 1. The van der Waals surface area contributed by atoms with Gasteiger partial charge in [-0.3, -0.25) is 4.79 Å². The van der Waals surface area contributed by atoms with Crippen LogP contribution in [0.2, 0.25) is 0 Å². The molecule has 1 aromatic heterocycles. The van der Waals surface area contributed by atoms with Crippen LogP contribution in [0.4, 0.5) is 0 Å². The van der Waals surface area contributed by atoms with E-state index in [1.807, 2.05) is 19.2 Å². The van der Waals surface area contributed by atoms with Gasteiger partial charge in [0, 0.05) is 24.6 Å². The molecule has 2 aromatic rings. The number of thiazole rings is 1. The summed E-state index contributed by atoms with van der Waals surface area (Å²) >= 11 is 1.50. The van der Waals surface area contributed by atoms with E-state index in [4.69, 9.17) is 9.84 Å². The minimum absolute atomic E-state index is 0.0698. The highest BCUT2D eigenvalue weighted by molar-refractivity contribution is 7.09. The van der Waals surface area contributed by atoms with Gasteiger partial charge in [-0.2, -0.15) is 0 Å². The van der Waals surface area contributed by atoms with Gasteiger partial charge >= 0.3 is 5.97 Å². The van der Waals surface area contributed by atoms with Crippen molar-refractivity contribution >= 4 is 23.2 Å². The van der Waals surface area contributed by atoms with E-state index in [-0.39, 0.29) is 17.6 Å². The summed E-state index contributed by atoms with van der Waals surface area (Å²) in [6.45, 7) is 6.62. The second kappa shape index (κ2) is 8.22. The molecular weight excluding hydrogens is 340 g/mol. The molecule has 1 atom stereocenters. The van der Waals surface area contributed by atoms with E-state index in [0.29, 0.717) is 18.7 Å². The summed E-state index contributed by atoms with van der Waals surface area (Å²) < 4.78 is 5.52. The van der Waals surface area contributed by atoms with E-state index >= 15 is 0 Å². The van der Waals surface area contributed by atoms with E-state index in [2.05, 4.69) is 4.98 Å². The minimum atomic E-state index is -1.05. The molecule has 1 aromatic carbocycles. The largest absolute Gasteiger partial charge is 0.478 e. The second-order valence-corrected chi connectivity index (χ2v) is 6.72. The van der Waals surface area contributed by atoms with Gasteiger partial charge in [0.1, 0.15) is 11.1 Å². The number of aryl methyl sites for hydroxylation is 1. The van der Waals surface area contributed by atoms with E-state index < -0.39 is 5.97 Å². The number of benzene rings is 1. The number of aromatic carboxylic acids is 1. The molecule has 134 valence electrons. The first kappa shape index (κ1) is 19.1. The van der Waals surface area contributed by atoms with Crippen molar-refractivity contribution in [1.82, 2.24) is 9.88 Å². The Kier molecular flexibility index (Phi) is 6.27. The molecule has 2 rings (SSSR count). The molecule has 0 saturated heterocycles. The predicted molar refractivity (Wildman–Crippen MR) is 96.1 cm³/mol. The van der Waals surface area contributed by atoms with Crippen molar-refractivity contribution < 1.29 is 19.4 Å². The Balaban J connectivity index is 2.12. The fraction of sp³-hybridized carbons (Fsp3) is 0.389. The third kappa shape index (κ3) is 4.87. The molecular formula is C18H22N2O4S. The van der Waals surface area contributed by atoms with Gasteiger partial charge in [0.2, 0.25) is 0 Å². The van der Waals surface area contributed by atoms with Gasteiger partial charge in [-0.15, -0.1) is 11.3 Å². The van der Waals surface area contributed by atoms with Gasteiger partial charge in [0.25, 0.3) is 5.91 Å². The Hall–Kier alpha value is -2.25. The van der Waals surface area contributed by atoms with Crippen LogP contribution < -0.4 is 0 Å². The zero-order valence-corrected chi connectivity index (χ0v) is 15.6. The summed E-state index contributed by atoms with van der Waals surface area (Å²) in [5.74, 6) is -1.28. The third-order valence-electron chi connectivity index (χ3n) is 3.65. The minimum Gasteiger partial charge on any atom is -0.478 e. The summed E-state index contributed by atoms with van der Waals surface area (Å²) in [6, 6.07) is 4.63. The molecule has 0 aliphatic rings. The normalized spacial score (nSPS) is 12.0. The Morgan fingerprint density at radius 2 is 2.00 bits per heavy atom. The Morgan fingerprint density at radius 1 is 1.32 bits per heavy atom. The molecule has 0 radical (unpaired) electrons. The molecule has 1 unspecified atom stereocenters. The molecule has 0 aliphatic heterocycles. The first-order valence-electron chi connectivity index (χ1n) is 7.98. The maximum Gasteiger partial charge on any atom is 0.335 e. The highest BCUT2D eigenvalue weighted by Gasteiger charge is 2.17. The van der Waals surface area contributed by atoms with Crippen molar-refractivity contribution in [2.75, 3.05) is 13.7 Å². The van der Waals surface area contributed by atoms with Crippen molar-refractivity contribution in [2.45, 2.75) is 33.4 Å². The molecule has 0 bridgehead atoms. The molecule has 6 nitrogen and oxygen atoms in total. The number of carbonyl (C=O) groups is 2. The predicted octanol–water partition coefficient (Wildman–Crippen LogP) is 3.52. The first-order valence-corrected chi connectivity index (χ1v) is 8.86. The SMILES string of the molecule is CCOC(C)c1nc(CN(C)C(=O)c2cc(C)cc(C(=O)O)c2)cs1. The molecule has 1 heterocycles. The summed E-state index contributed by atoms with van der Waals surface area (Å²) in [5.41, 5.74) is 1.99. The number of hydrogen-bond donors (Lipinski definition) is 1. The topological polar surface area (TPSA) is 79.7 Å². The lowest BCUT2D eigenvalue weighted by molar-refractivity contribution is 0.0696. The second-order valence-electron chi connectivity index (χ2n) is 5.83. The number of nitrogens with zero attached hydrogens (tertiary/aromatic N) is 2. The van der Waals surface area contributed by atoms with E-state index in [0.717, 1.165) is 16.3 Å². The van der Waals surface area contributed by atoms with Crippen molar-refractivity contribution in [3.63, 3.8) is 0 Å². The zero-order chi connectivity index (χ0) is 18.6. The smallest absolute Gasteiger partial charge is 0.335 e. The van der Waals surface area contributed by atoms with Crippen LogP contribution in [0.1, 0.15) is 56.9 Å². The van der Waals surface area contributed by atoms with Crippen LogP contribution in [0.25, 0.3) is 0 Å². The highest BCUT2D eigenvalue weighted by Crippen LogP contribution is 2.22. The van der Waals surface area contributed by atoms with Crippen LogP contribution in [0.15, 0.2) is 23.6 Å². The number of carbonyl (C=O) groups excluding carboxylic acids is 1. The molecule has 1 N–H and O–H groups in total. The Bertz CT molecular complexity index is 772. The van der Waals surface area contributed by atoms with Crippen LogP contribution in [0.3, 0.4) is 0 Å². The molecule has 7 heteroatoms. The van der Waals surface area contributed by atoms with E-state index in [1.165, 1.54) is 22.3 Å². The number of rotatable bonds is 7. The summed E-state index contributed by atoms with van der Waals surface area (Å²) in [5, 5.41) is 11.9. The Morgan fingerprint density at radius 3 is 2.64 bits per heavy atom. The van der Waals surface area contributed by atoms with E-state index in [1.54, 1.807) is 26.1 Å². The fourth-order valence-corrected chi connectivity index (χ4v) is 3.28. The van der Waals surface area contributed by atoms with E-state index in [9.17, 15) is 9.59 Å². The lowest BCUT2D eigenvalue weighted by Gasteiger charge is -2.16. The number of carboxylic acids is 1. The van der Waals surface area contributed by atoms with Crippen LogP contribution in [-0.2, 0) is 11.3 Å². The van der Waals surface area contributed by atoms with Gasteiger partial charge in [-0.1, -0.05) is 0 Å². The number of amides is 1. The van der Waals surface area contributed by atoms with Crippen molar-refractivity contribution in [2.24, 2.45) is 0 Å². The molecule has 25 heavy (non-hydrogen) atoms. The van der Waals surface area contributed by atoms with Crippen LogP contribution in [0.5, 0.6) is 0 Å². The summed E-state index contributed by atoms with van der Waals surface area (Å²) in [6.07, 6.45) is -0.0698. The van der Waals surface area contributed by atoms with Crippen LogP contribution >= 0.6 is 11.3 Å². The third-order valence-corrected chi connectivity index (χ3v) is 4.71. The quantitative estimate of drug-likeness (QED) is 0.815. The van der Waals surface area contributed by atoms with Gasteiger partial charge in [-0.05, 0) is 44.5 Å². The molecule has 0 aliphatic carbocycles. The maximum absolute atomic E-state index is 12.6. The molecule has 0 spiro atoms. The van der Waals surface area contributed by atoms with Gasteiger partial charge in [-0.25, -0.2) is 9.78 Å². The summed E-state index contributed by atoms with van der Waals surface area (Å²) in [7, 11) is 1.68. The lowest BCUT2D eigenvalue weighted by atomic mass is 10.1. The fourth-order valence-electron chi connectivity index (χ4n) is 2.47. The monoisotopic (exact) mass is 362 g/mol. The Labute approximate surface area is 151 Å². The maximum atomic E-state index is 12.6. The lowest BCUT2D eigenvalue weighted by Crippen LogP contribution is -2.26. The molecule has 1 amide bonds. The van der Waals surface area contributed by atoms with Gasteiger partial charge in [0.15, 0.2) is 0 Å². The van der Waals surface area contributed by atoms with Crippen LogP contribution in [-0.4, -0.2) is 40.5 Å². The van der Waals surface area contributed by atoms with Crippen molar-refractivity contribution in [3.05, 3.63) is 51.0 Å². The standard InChI is InChI=1S/C18H22N2O4S/c1-5-24-12(3)16-19-15(10-25-16)9-20(4)17(21)13-6-11(2)7-14(8-13)18(22)23/h6-8,10,12H,5,9H2,1-4H3,(H,22,23). The highest BCUT2D eigenvalue weighted by atomic mass is 32.1. The molecule has 0 saturated carbocycles. The van der Waals surface area contributed by atoms with Crippen molar-refractivity contribution in [1.29, 1.82) is 0 Å². The van der Waals surface area contributed by atoms with Crippen LogP contribution in [0, 0.1) is 6.92 Å². The zero-order valence-electron chi connectivity index (χ0n) is 14.8. The number of aromatic nitrogens is 1. The van der Waals surface area contributed by atoms with Crippen molar-refractivity contribution in [3.8, 4) is 0 Å². The average Bonchev–Trinajstić information content (AvgIpc) is 3.02. The summed E-state index contributed by atoms with van der Waals surface area (Å²) in [4.78, 5) is 29.8. The van der Waals surface area contributed by atoms with Gasteiger partial charge < -0.3 is 14.7 Å².